The zero-order chi connectivity index (χ0) is 9.14. The lowest BCUT2D eigenvalue weighted by Gasteiger charge is -2.03. The fourth-order valence-electron chi connectivity index (χ4n) is 0.860. The number of hydrogen-bond acceptors (Lipinski definition) is 3. The zero-order valence-corrected chi connectivity index (χ0v) is 8.56. The highest BCUT2D eigenvalue weighted by molar-refractivity contribution is 7.99. The average Bonchev–Trinajstić information content (AvgIpc) is 2.30. The minimum absolute atomic E-state index is 0.643. The Morgan fingerprint density at radius 3 is 2.75 bits per heavy atom. The van der Waals surface area contributed by atoms with E-state index < -0.39 is 0 Å². The highest BCUT2D eigenvalue weighted by atomic mass is 32.2. The standard InChI is InChI=1S/C8H15N3S/c1-6(2)12-5-7-4-10-11(3)8(7)9/h4,6H,5,9H2,1-3H3. The molecule has 68 valence electrons. The van der Waals surface area contributed by atoms with Gasteiger partial charge in [0.05, 0.1) is 6.20 Å². The molecule has 3 nitrogen and oxygen atoms in total. The van der Waals surface area contributed by atoms with Crippen molar-refractivity contribution >= 4 is 17.6 Å². The lowest BCUT2D eigenvalue weighted by atomic mass is 10.4. The average molecular weight is 185 g/mol. The molecular weight excluding hydrogens is 170 g/mol. The van der Waals surface area contributed by atoms with Gasteiger partial charge >= 0.3 is 0 Å². The number of nitrogen functional groups attached to an aromatic ring is 1. The molecule has 2 N–H and O–H groups in total. The zero-order valence-electron chi connectivity index (χ0n) is 7.74. The Morgan fingerprint density at radius 2 is 2.33 bits per heavy atom. The SMILES string of the molecule is CC(C)SCc1cnn(C)c1N. The summed E-state index contributed by atoms with van der Waals surface area (Å²) in [5.41, 5.74) is 6.91. The molecule has 1 aromatic rings. The Bertz CT molecular complexity index is 255. The summed E-state index contributed by atoms with van der Waals surface area (Å²) >= 11 is 1.88. The number of rotatable bonds is 3. The molecule has 0 unspecified atom stereocenters. The number of hydrogen-bond donors (Lipinski definition) is 1. The highest BCUT2D eigenvalue weighted by Crippen LogP contribution is 2.20. The van der Waals surface area contributed by atoms with E-state index in [1.807, 2.05) is 25.0 Å². The van der Waals surface area contributed by atoms with E-state index in [9.17, 15) is 0 Å². The second-order valence-corrected chi connectivity index (χ2v) is 4.60. The van der Waals surface area contributed by atoms with Gasteiger partial charge in [0, 0.05) is 18.4 Å². The molecule has 0 bridgehead atoms. The van der Waals surface area contributed by atoms with E-state index in [1.165, 1.54) is 0 Å². The summed E-state index contributed by atoms with van der Waals surface area (Å²) in [4.78, 5) is 0. The molecule has 4 heteroatoms. The van der Waals surface area contributed by atoms with Crippen LogP contribution in [0.1, 0.15) is 19.4 Å². The minimum atomic E-state index is 0.643. The maximum atomic E-state index is 5.78. The molecule has 0 aliphatic carbocycles. The smallest absolute Gasteiger partial charge is 0.125 e. The van der Waals surface area contributed by atoms with E-state index in [1.54, 1.807) is 4.68 Å². The van der Waals surface area contributed by atoms with Crippen molar-refractivity contribution in [3.8, 4) is 0 Å². The van der Waals surface area contributed by atoms with Crippen molar-refractivity contribution in [2.24, 2.45) is 7.05 Å². The van der Waals surface area contributed by atoms with Crippen LogP contribution in [-0.4, -0.2) is 15.0 Å². The lowest BCUT2D eigenvalue weighted by Crippen LogP contribution is -1.99. The summed E-state index contributed by atoms with van der Waals surface area (Å²) in [5.74, 6) is 1.74. The first kappa shape index (κ1) is 9.45. The molecule has 1 rings (SSSR count). The van der Waals surface area contributed by atoms with Crippen LogP contribution in [0, 0.1) is 0 Å². The van der Waals surface area contributed by atoms with Crippen molar-refractivity contribution in [2.45, 2.75) is 24.9 Å². The van der Waals surface area contributed by atoms with Gasteiger partial charge in [-0.3, -0.25) is 4.68 Å². The van der Waals surface area contributed by atoms with Gasteiger partial charge in [-0.15, -0.1) is 0 Å². The summed E-state index contributed by atoms with van der Waals surface area (Å²) in [6, 6.07) is 0. The number of thioether (sulfide) groups is 1. The fraction of sp³-hybridized carbons (Fsp3) is 0.625. The monoisotopic (exact) mass is 185 g/mol. The van der Waals surface area contributed by atoms with Crippen LogP contribution in [-0.2, 0) is 12.8 Å². The summed E-state index contributed by atoms with van der Waals surface area (Å²) in [6.45, 7) is 4.36. The normalized spacial score (nSPS) is 11.0. The second kappa shape index (κ2) is 3.85. The van der Waals surface area contributed by atoms with Gasteiger partial charge in [0.15, 0.2) is 0 Å². The fourth-order valence-corrected chi connectivity index (χ4v) is 1.60. The largest absolute Gasteiger partial charge is 0.384 e. The molecule has 0 atom stereocenters. The molecule has 0 saturated carbocycles. The molecule has 0 amide bonds. The minimum Gasteiger partial charge on any atom is -0.384 e. The Morgan fingerprint density at radius 1 is 1.67 bits per heavy atom. The van der Waals surface area contributed by atoms with E-state index in [0.717, 1.165) is 17.1 Å². The number of aromatic nitrogens is 2. The number of nitrogens with two attached hydrogens (primary N) is 1. The molecule has 0 saturated heterocycles. The van der Waals surface area contributed by atoms with E-state index in [4.69, 9.17) is 5.73 Å². The van der Waals surface area contributed by atoms with E-state index in [2.05, 4.69) is 18.9 Å². The van der Waals surface area contributed by atoms with Crippen molar-refractivity contribution < 1.29 is 0 Å². The van der Waals surface area contributed by atoms with Gasteiger partial charge in [0.25, 0.3) is 0 Å². The van der Waals surface area contributed by atoms with Gasteiger partial charge in [-0.25, -0.2) is 0 Å². The number of aryl methyl sites for hydroxylation is 1. The van der Waals surface area contributed by atoms with Gasteiger partial charge in [-0.2, -0.15) is 16.9 Å². The van der Waals surface area contributed by atoms with E-state index >= 15 is 0 Å². The van der Waals surface area contributed by atoms with E-state index in [-0.39, 0.29) is 0 Å². The van der Waals surface area contributed by atoms with Gasteiger partial charge in [-0.05, 0) is 5.25 Å². The predicted octanol–water partition coefficient (Wildman–Crippen LogP) is 1.64. The molecule has 0 aliphatic heterocycles. The van der Waals surface area contributed by atoms with E-state index in [0.29, 0.717) is 5.25 Å². The number of nitrogens with zero attached hydrogens (tertiary/aromatic N) is 2. The third-order valence-electron chi connectivity index (χ3n) is 1.64. The first-order valence-electron chi connectivity index (χ1n) is 3.99. The van der Waals surface area contributed by atoms with Crippen molar-refractivity contribution in [3.63, 3.8) is 0 Å². The van der Waals surface area contributed by atoms with Gasteiger partial charge in [-0.1, -0.05) is 13.8 Å². The molecule has 1 aromatic heterocycles. The summed E-state index contributed by atoms with van der Waals surface area (Å²) < 4.78 is 1.70. The highest BCUT2D eigenvalue weighted by Gasteiger charge is 2.04. The Balaban J connectivity index is 2.58. The third kappa shape index (κ3) is 2.17. The van der Waals surface area contributed by atoms with Crippen molar-refractivity contribution in [3.05, 3.63) is 11.8 Å². The van der Waals surface area contributed by atoms with Crippen LogP contribution in [0.4, 0.5) is 5.82 Å². The van der Waals surface area contributed by atoms with Crippen molar-refractivity contribution in [1.29, 1.82) is 0 Å². The lowest BCUT2D eigenvalue weighted by molar-refractivity contribution is 0.779. The van der Waals surface area contributed by atoms with Gasteiger partial charge < -0.3 is 5.73 Å². The maximum absolute atomic E-state index is 5.78. The predicted molar refractivity (Wildman–Crippen MR) is 54.1 cm³/mol. The van der Waals surface area contributed by atoms with Crippen molar-refractivity contribution in [2.75, 3.05) is 5.73 Å². The molecule has 0 radical (unpaired) electrons. The summed E-state index contributed by atoms with van der Waals surface area (Å²) in [6.07, 6.45) is 1.84. The van der Waals surface area contributed by atoms with Crippen LogP contribution in [0.15, 0.2) is 6.20 Å². The first-order valence-corrected chi connectivity index (χ1v) is 5.04. The molecule has 0 aromatic carbocycles. The second-order valence-electron chi connectivity index (χ2n) is 3.04. The summed E-state index contributed by atoms with van der Waals surface area (Å²) in [7, 11) is 1.86. The Hall–Kier alpha value is -0.640. The van der Waals surface area contributed by atoms with Gasteiger partial charge in [0.2, 0.25) is 0 Å². The topological polar surface area (TPSA) is 43.8 Å². The van der Waals surface area contributed by atoms with Crippen LogP contribution in [0.25, 0.3) is 0 Å². The maximum Gasteiger partial charge on any atom is 0.125 e. The first-order chi connectivity index (χ1) is 5.61. The van der Waals surface area contributed by atoms with Crippen LogP contribution in [0.2, 0.25) is 0 Å². The Kier molecular flexibility index (Phi) is 3.03. The van der Waals surface area contributed by atoms with Crippen LogP contribution >= 0.6 is 11.8 Å². The van der Waals surface area contributed by atoms with Crippen LogP contribution < -0.4 is 5.73 Å². The molecule has 1 heterocycles. The number of anilines is 1. The Labute approximate surface area is 77.3 Å². The third-order valence-corrected chi connectivity index (χ3v) is 2.78. The summed E-state index contributed by atoms with van der Waals surface area (Å²) in [5, 5.41) is 4.72. The quantitative estimate of drug-likeness (QED) is 0.778. The molecule has 0 fully saturated rings. The molecule has 0 aliphatic rings. The van der Waals surface area contributed by atoms with Crippen molar-refractivity contribution in [1.82, 2.24) is 9.78 Å². The van der Waals surface area contributed by atoms with Crippen LogP contribution in [0.3, 0.4) is 0 Å². The molecule has 0 spiro atoms. The van der Waals surface area contributed by atoms with Crippen LogP contribution in [0.5, 0.6) is 0 Å². The molecule has 12 heavy (non-hydrogen) atoms. The van der Waals surface area contributed by atoms with Gasteiger partial charge in [0.1, 0.15) is 5.82 Å². The molecular formula is C8H15N3S.